The van der Waals surface area contributed by atoms with Crippen molar-refractivity contribution >= 4 is 45.6 Å². The number of ether oxygens (including phenoxy) is 4. The van der Waals surface area contributed by atoms with Gasteiger partial charge in [0.1, 0.15) is 39.0 Å². The van der Waals surface area contributed by atoms with Crippen LogP contribution >= 0.6 is 15.9 Å². The molecule has 3 aromatic rings. The highest BCUT2D eigenvalue weighted by molar-refractivity contribution is 9.10. The second kappa shape index (κ2) is 15.7. The number of rotatable bonds is 9. The number of aromatic hydroxyl groups is 1. The van der Waals surface area contributed by atoms with Crippen molar-refractivity contribution in [1.82, 2.24) is 0 Å². The van der Waals surface area contributed by atoms with Crippen molar-refractivity contribution in [3.63, 3.8) is 0 Å². The highest BCUT2D eigenvalue weighted by atomic mass is 79.9. The fourth-order valence-electron chi connectivity index (χ4n) is 6.58. The Morgan fingerprint density at radius 2 is 1.27 bits per heavy atom. The second-order valence-electron chi connectivity index (χ2n) is 13.3. The van der Waals surface area contributed by atoms with Crippen molar-refractivity contribution in [2.75, 3.05) is 7.11 Å². The maximum absolute atomic E-state index is 14.0. The van der Waals surface area contributed by atoms with Crippen LogP contribution < -0.4 is 14.2 Å². The number of phenolic OH excluding ortho intramolecular Hbond substituents is 1. The average Bonchev–Trinajstić information content (AvgIpc) is 3.07. The number of carbonyl (C=O) groups is 5. The van der Waals surface area contributed by atoms with Gasteiger partial charge in [-0.05, 0) is 140 Å². The van der Waals surface area contributed by atoms with Gasteiger partial charge in [0.05, 0.1) is 24.7 Å². The zero-order chi connectivity index (χ0) is 41.6. The number of halogens is 4. The number of allylic oxidation sites excluding steroid dienone is 2. The summed E-state index contributed by atoms with van der Waals surface area (Å²) in [6.07, 6.45) is -4.04. The SMILES string of the molecule is COC1=CC(=O)C=C(C)C1C(=O)Oc1c(C)c(C)c(C(=O)Oc2cc(C)c(C(=O)Oc3c(C)c(C)c(C(=O)O)c(C)c3C)c(C)c2CC(F)(F)F)c(O)c1Br. The van der Waals surface area contributed by atoms with Gasteiger partial charge in [-0.1, -0.05) is 0 Å². The maximum atomic E-state index is 14.0. The zero-order valence-corrected chi connectivity index (χ0v) is 33.2. The molecule has 0 heterocycles. The molecule has 3 aromatic carbocycles. The van der Waals surface area contributed by atoms with Gasteiger partial charge in [0.15, 0.2) is 11.5 Å². The monoisotopic (exact) mass is 830 g/mol. The van der Waals surface area contributed by atoms with Crippen LogP contribution in [0.1, 0.15) is 88.1 Å². The third-order valence-electron chi connectivity index (χ3n) is 9.81. The number of esters is 3. The minimum Gasteiger partial charge on any atom is -0.506 e. The van der Waals surface area contributed by atoms with Crippen LogP contribution in [-0.4, -0.2) is 53.2 Å². The number of phenols is 1. The third kappa shape index (κ3) is 8.16. The Labute approximate surface area is 322 Å². The molecule has 4 rings (SSSR count). The molecule has 0 aromatic heterocycles. The number of carboxylic acids is 1. The number of alkyl halides is 3. The van der Waals surface area contributed by atoms with Crippen LogP contribution in [0.4, 0.5) is 13.2 Å². The first-order valence-corrected chi connectivity index (χ1v) is 17.4. The van der Waals surface area contributed by atoms with Crippen LogP contribution in [0.5, 0.6) is 23.0 Å². The summed E-state index contributed by atoms with van der Waals surface area (Å²) in [4.78, 5) is 64.5. The van der Waals surface area contributed by atoms with Crippen molar-refractivity contribution in [3.05, 3.63) is 101 Å². The molecule has 1 aliphatic rings. The van der Waals surface area contributed by atoms with Crippen molar-refractivity contribution in [2.45, 2.75) is 74.9 Å². The molecular formula is C40H38BrF3O11. The summed E-state index contributed by atoms with van der Waals surface area (Å²) in [5, 5.41) is 20.9. The lowest BCUT2D eigenvalue weighted by atomic mass is 9.92. The van der Waals surface area contributed by atoms with Crippen molar-refractivity contribution < 1.29 is 66.3 Å². The smallest absolute Gasteiger partial charge is 0.393 e. The van der Waals surface area contributed by atoms with E-state index in [0.29, 0.717) is 27.8 Å². The normalized spacial score (nSPS) is 14.2. The van der Waals surface area contributed by atoms with Gasteiger partial charge in [-0.25, -0.2) is 14.4 Å². The zero-order valence-electron chi connectivity index (χ0n) is 31.6. The Morgan fingerprint density at radius 3 is 1.80 bits per heavy atom. The highest BCUT2D eigenvalue weighted by Gasteiger charge is 2.36. The van der Waals surface area contributed by atoms with Crippen LogP contribution in [0, 0.1) is 61.3 Å². The van der Waals surface area contributed by atoms with E-state index in [4.69, 9.17) is 18.9 Å². The number of aryl methyl sites for hydroxylation is 1. The van der Waals surface area contributed by atoms with Gasteiger partial charge in [-0.3, -0.25) is 9.59 Å². The standard InChI is InChI=1S/C40H38BrF3O11/c1-15-11-24(45)13-27(52-10)29(15)38(50)55-35-22(8)19(5)31(33(46)32(35)41)39(51)53-26-12-16(2)28(23(9)25(26)14-40(42,43)44)37(49)54-34-20(6)17(3)30(36(47)48)18(4)21(34)7/h11-13,29,46H,14H2,1-10H3,(H,47,48). The Kier molecular flexibility index (Phi) is 12.1. The highest BCUT2D eigenvalue weighted by Crippen LogP contribution is 2.44. The van der Waals surface area contributed by atoms with Gasteiger partial charge in [0, 0.05) is 11.6 Å². The van der Waals surface area contributed by atoms with Crippen molar-refractivity contribution in [3.8, 4) is 23.0 Å². The minimum atomic E-state index is -4.82. The van der Waals surface area contributed by atoms with Crippen LogP contribution in [0.2, 0.25) is 0 Å². The number of methoxy groups -OCH3 is 1. The number of hydrogen-bond donors (Lipinski definition) is 2. The van der Waals surface area contributed by atoms with E-state index in [9.17, 15) is 47.4 Å². The van der Waals surface area contributed by atoms with E-state index in [0.717, 1.165) is 12.1 Å². The molecule has 0 saturated heterocycles. The summed E-state index contributed by atoms with van der Waals surface area (Å²) in [5.41, 5.74) is 0.761. The Bertz CT molecular complexity index is 2210. The first kappa shape index (κ1) is 42.3. The largest absolute Gasteiger partial charge is 0.506 e. The molecule has 55 heavy (non-hydrogen) atoms. The predicted octanol–water partition coefficient (Wildman–Crippen LogP) is 8.44. The van der Waals surface area contributed by atoms with E-state index in [1.165, 1.54) is 47.8 Å². The predicted molar refractivity (Wildman–Crippen MR) is 196 cm³/mol. The van der Waals surface area contributed by atoms with Gasteiger partial charge in [-0.15, -0.1) is 0 Å². The quantitative estimate of drug-likeness (QED) is 0.157. The molecule has 1 aliphatic carbocycles. The molecule has 15 heteroatoms. The van der Waals surface area contributed by atoms with Gasteiger partial charge < -0.3 is 29.2 Å². The molecule has 11 nitrogen and oxygen atoms in total. The number of benzene rings is 3. The minimum absolute atomic E-state index is 0.0364. The maximum Gasteiger partial charge on any atom is 0.393 e. The molecule has 0 aliphatic heterocycles. The van der Waals surface area contributed by atoms with Gasteiger partial charge in [0.2, 0.25) is 0 Å². The van der Waals surface area contributed by atoms with Crippen LogP contribution in [-0.2, 0) is 20.7 Å². The van der Waals surface area contributed by atoms with E-state index in [2.05, 4.69) is 15.9 Å². The first-order valence-electron chi connectivity index (χ1n) is 16.6. The average molecular weight is 832 g/mol. The second-order valence-corrected chi connectivity index (χ2v) is 14.1. The van der Waals surface area contributed by atoms with E-state index in [1.54, 1.807) is 27.7 Å². The van der Waals surface area contributed by atoms with Crippen molar-refractivity contribution in [2.24, 2.45) is 5.92 Å². The molecule has 0 fully saturated rings. The molecule has 1 atom stereocenters. The van der Waals surface area contributed by atoms with E-state index in [-0.39, 0.29) is 60.9 Å². The molecule has 292 valence electrons. The lowest BCUT2D eigenvalue weighted by Gasteiger charge is -2.23. The van der Waals surface area contributed by atoms with Gasteiger partial charge in [0.25, 0.3) is 0 Å². The topological polar surface area (TPSA) is 163 Å². The van der Waals surface area contributed by atoms with E-state index >= 15 is 0 Å². The summed E-state index contributed by atoms with van der Waals surface area (Å²) in [7, 11) is 1.28. The Balaban J connectivity index is 1.75. The Hall–Kier alpha value is -5.44. The molecule has 0 bridgehead atoms. The lowest BCUT2D eigenvalue weighted by molar-refractivity contribution is -0.137. The van der Waals surface area contributed by atoms with Crippen LogP contribution in [0.15, 0.2) is 34.0 Å². The number of hydrogen-bond acceptors (Lipinski definition) is 10. The molecule has 0 radical (unpaired) electrons. The number of carboxylic acid groups (broad SMARTS) is 1. The van der Waals surface area contributed by atoms with Crippen molar-refractivity contribution in [1.29, 1.82) is 0 Å². The van der Waals surface area contributed by atoms with E-state index < -0.39 is 65.0 Å². The third-order valence-corrected chi connectivity index (χ3v) is 10.5. The molecule has 0 saturated carbocycles. The van der Waals surface area contributed by atoms with E-state index in [1.807, 2.05) is 0 Å². The number of aromatic carboxylic acids is 1. The number of ketones is 1. The molecular weight excluding hydrogens is 793 g/mol. The fourth-order valence-corrected chi connectivity index (χ4v) is 7.16. The molecule has 2 N–H and O–H groups in total. The molecule has 0 spiro atoms. The summed E-state index contributed by atoms with van der Waals surface area (Å²) >= 11 is 3.16. The van der Waals surface area contributed by atoms with Gasteiger partial charge in [-0.2, -0.15) is 13.2 Å². The fraction of sp³-hybridized carbons (Fsp3) is 0.325. The Morgan fingerprint density at radius 1 is 0.745 bits per heavy atom. The number of carbonyl (C=O) groups excluding carboxylic acids is 4. The summed E-state index contributed by atoms with van der Waals surface area (Å²) in [6.45, 7) is 13.3. The lowest BCUT2D eigenvalue weighted by Crippen LogP contribution is -2.28. The summed E-state index contributed by atoms with van der Waals surface area (Å²) in [6, 6.07) is 1.09. The van der Waals surface area contributed by atoms with Crippen LogP contribution in [0.25, 0.3) is 0 Å². The molecule has 0 amide bonds. The molecule has 1 unspecified atom stereocenters. The van der Waals surface area contributed by atoms with Crippen LogP contribution in [0.3, 0.4) is 0 Å². The summed E-state index contributed by atoms with van der Waals surface area (Å²) < 4.78 is 63.9. The van der Waals surface area contributed by atoms with Gasteiger partial charge >= 0.3 is 30.1 Å². The first-order chi connectivity index (χ1) is 25.4. The summed E-state index contributed by atoms with van der Waals surface area (Å²) in [5.74, 6) is -7.10.